The van der Waals surface area contributed by atoms with Crippen LogP contribution >= 0.6 is 0 Å². The number of para-hydroxylation sites is 4. The van der Waals surface area contributed by atoms with Gasteiger partial charge in [0.1, 0.15) is 5.52 Å². The van der Waals surface area contributed by atoms with Gasteiger partial charge in [0.2, 0.25) is 11.6 Å². The predicted octanol–water partition coefficient (Wildman–Crippen LogP) is 6.92. The first-order chi connectivity index (χ1) is 16.7. The fourth-order valence-electron chi connectivity index (χ4n) is 5.49. The average molecular weight is 440 g/mol. The second-order valence-electron chi connectivity index (χ2n) is 9.45. The predicted molar refractivity (Wildman–Crippen MR) is 138 cm³/mol. The lowest BCUT2D eigenvalue weighted by Gasteiger charge is -2.08. The number of hydrogen-bond acceptors (Lipinski definition) is 2. The molecule has 4 aromatic carbocycles. The summed E-state index contributed by atoms with van der Waals surface area (Å²) in [6.07, 6.45) is 0. The molecule has 8 aromatic rings. The van der Waals surface area contributed by atoms with Crippen molar-refractivity contribution in [2.24, 2.45) is 0 Å². The van der Waals surface area contributed by atoms with Crippen molar-refractivity contribution in [1.29, 1.82) is 0 Å². The van der Waals surface area contributed by atoms with Crippen LogP contribution in [0, 0.1) is 0 Å². The molecule has 0 bridgehead atoms. The van der Waals surface area contributed by atoms with Crippen LogP contribution in [0.1, 0.15) is 25.3 Å². The van der Waals surface area contributed by atoms with Gasteiger partial charge in [-0.3, -0.25) is 8.80 Å². The lowest BCUT2D eigenvalue weighted by atomic mass is 9.98. The van der Waals surface area contributed by atoms with Crippen LogP contribution in [0.4, 0.5) is 0 Å². The molecule has 162 valence electrons. The van der Waals surface area contributed by atoms with Gasteiger partial charge in [0, 0.05) is 0 Å². The molecule has 0 aliphatic carbocycles. The van der Waals surface area contributed by atoms with Crippen LogP contribution in [-0.4, -0.2) is 23.2 Å². The van der Waals surface area contributed by atoms with Gasteiger partial charge >= 0.3 is 0 Å². The molecule has 0 spiro atoms. The third-order valence-corrected chi connectivity index (χ3v) is 7.17. The quantitative estimate of drug-likeness (QED) is 0.293. The smallest absolute Gasteiger partial charge is 0.223 e. The van der Waals surface area contributed by atoms with Crippen molar-refractivity contribution in [2.75, 3.05) is 0 Å². The lowest BCUT2D eigenvalue weighted by Crippen LogP contribution is -1.89. The van der Waals surface area contributed by atoms with E-state index in [1.165, 1.54) is 16.7 Å². The molecule has 0 fully saturated rings. The molecule has 0 radical (unpaired) electrons. The van der Waals surface area contributed by atoms with E-state index in [0.29, 0.717) is 5.92 Å². The van der Waals surface area contributed by atoms with E-state index in [4.69, 9.17) is 9.97 Å². The zero-order valence-electron chi connectivity index (χ0n) is 18.9. The van der Waals surface area contributed by atoms with Crippen molar-refractivity contribution >= 4 is 50.2 Å². The molecule has 0 saturated carbocycles. The summed E-state index contributed by atoms with van der Waals surface area (Å²) in [7, 11) is 0. The fourth-order valence-corrected chi connectivity index (χ4v) is 5.49. The van der Waals surface area contributed by atoms with Crippen LogP contribution in [0.2, 0.25) is 0 Å². The molecule has 5 heteroatoms. The largest absolute Gasteiger partial charge is 0.276 e. The highest BCUT2D eigenvalue weighted by Crippen LogP contribution is 2.37. The maximum Gasteiger partial charge on any atom is 0.223 e. The van der Waals surface area contributed by atoms with E-state index in [-0.39, 0.29) is 0 Å². The van der Waals surface area contributed by atoms with Crippen molar-refractivity contribution in [3.63, 3.8) is 0 Å². The summed E-state index contributed by atoms with van der Waals surface area (Å²) < 4.78 is 6.78. The molecular formula is C29H21N5. The number of imidazole rings is 4. The number of fused-ring (bicyclic) bond motifs is 10. The van der Waals surface area contributed by atoms with Crippen LogP contribution < -0.4 is 0 Å². The zero-order chi connectivity index (χ0) is 22.6. The van der Waals surface area contributed by atoms with Gasteiger partial charge < -0.3 is 0 Å². The highest BCUT2D eigenvalue weighted by atomic mass is 15.3. The summed E-state index contributed by atoms with van der Waals surface area (Å²) >= 11 is 0. The van der Waals surface area contributed by atoms with Gasteiger partial charge in [0.15, 0.2) is 0 Å². The second kappa shape index (κ2) is 6.14. The molecular weight excluding hydrogens is 418 g/mol. The van der Waals surface area contributed by atoms with Crippen molar-refractivity contribution < 1.29 is 0 Å². The number of rotatable bonds is 2. The van der Waals surface area contributed by atoms with Gasteiger partial charge in [-0.15, -0.1) is 0 Å². The van der Waals surface area contributed by atoms with Gasteiger partial charge in [-0.2, -0.15) is 0 Å². The summed E-state index contributed by atoms with van der Waals surface area (Å²) in [6, 6.07) is 30.3. The topological polar surface area (TPSA) is 39.0 Å². The van der Waals surface area contributed by atoms with Crippen LogP contribution in [0.3, 0.4) is 0 Å². The van der Waals surface area contributed by atoms with Gasteiger partial charge in [-0.25, -0.2) is 14.4 Å². The van der Waals surface area contributed by atoms with E-state index >= 15 is 0 Å². The normalized spacial score (nSPS) is 12.7. The van der Waals surface area contributed by atoms with Crippen LogP contribution in [0.15, 0.2) is 84.9 Å². The van der Waals surface area contributed by atoms with E-state index in [0.717, 1.165) is 50.2 Å². The fraction of sp³-hybridized carbons (Fsp3) is 0.103. The molecule has 0 saturated heterocycles. The highest BCUT2D eigenvalue weighted by Gasteiger charge is 2.24. The number of hydrogen-bond donors (Lipinski definition) is 0. The van der Waals surface area contributed by atoms with Gasteiger partial charge in [-0.05, 0) is 59.0 Å². The summed E-state index contributed by atoms with van der Waals surface area (Å²) in [6.45, 7) is 4.47. The minimum atomic E-state index is 0.514. The number of nitrogens with zero attached hydrogens (tertiary/aromatic N) is 5. The van der Waals surface area contributed by atoms with E-state index in [2.05, 4.69) is 99.8 Å². The standard InChI is InChI=1S/C29H21N5/c1-17(2)18-11-13-19(14-12-18)20-15-25-27-26(16-20)33-24-10-6-4-8-22(24)31-29(33)34(27)28-30-21-7-3-5-9-23(21)32(25)28/h3-17H,1-2H3. The van der Waals surface area contributed by atoms with Crippen LogP contribution in [0.5, 0.6) is 0 Å². The monoisotopic (exact) mass is 439 g/mol. The molecule has 0 aliphatic heterocycles. The van der Waals surface area contributed by atoms with Gasteiger partial charge in [-0.1, -0.05) is 62.4 Å². The van der Waals surface area contributed by atoms with Crippen molar-refractivity contribution in [1.82, 2.24) is 23.2 Å². The van der Waals surface area contributed by atoms with Crippen LogP contribution in [-0.2, 0) is 0 Å². The molecule has 5 nitrogen and oxygen atoms in total. The third-order valence-electron chi connectivity index (χ3n) is 7.17. The molecule has 4 heterocycles. The van der Waals surface area contributed by atoms with E-state index in [1.54, 1.807) is 0 Å². The summed E-state index contributed by atoms with van der Waals surface area (Å²) in [4.78, 5) is 10.1. The Kier molecular flexibility index (Phi) is 3.27. The Morgan fingerprint density at radius 1 is 0.559 bits per heavy atom. The van der Waals surface area contributed by atoms with E-state index in [9.17, 15) is 0 Å². The Morgan fingerprint density at radius 3 is 1.62 bits per heavy atom. The Balaban J connectivity index is 1.59. The maximum absolute atomic E-state index is 5.03. The molecule has 0 N–H and O–H groups in total. The van der Waals surface area contributed by atoms with Crippen LogP contribution in [0.25, 0.3) is 61.3 Å². The van der Waals surface area contributed by atoms with Crippen molar-refractivity contribution in [3.8, 4) is 11.1 Å². The first kappa shape index (κ1) is 18.1. The number of aromatic nitrogens is 5. The Hall–Kier alpha value is -4.38. The first-order valence-electron chi connectivity index (χ1n) is 11.7. The Morgan fingerprint density at radius 2 is 1.09 bits per heavy atom. The maximum atomic E-state index is 5.03. The van der Waals surface area contributed by atoms with E-state index < -0.39 is 0 Å². The second-order valence-corrected chi connectivity index (χ2v) is 9.45. The molecule has 0 amide bonds. The SMILES string of the molecule is CC(C)c1ccc(-c2cc3c4c(c2)n2c5ccccc5nc2n4c2nc4ccccc4n32)cc1. The third kappa shape index (κ3) is 2.14. The highest BCUT2D eigenvalue weighted by molar-refractivity contribution is 6.05. The first-order valence-corrected chi connectivity index (χ1v) is 11.7. The molecule has 34 heavy (non-hydrogen) atoms. The summed E-state index contributed by atoms with van der Waals surface area (Å²) in [5, 5.41) is 0. The number of benzene rings is 4. The minimum absolute atomic E-state index is 0.514. The van der Waals surface area contributed by atoms with E-state index in [1.807, 2.05) is 12.1 Å². The molecule has 0 atom stereocenters. The average Bonchev–Trinajstić information content (AvgIpc) is 3.58. The Labute approximate surface area is 194 Å². The van der Waals surface area contributed by atoms with Gasteiger partial charge in [0.25, 0.3) is 0 Å². The molecule has 0 aliphatic rings. The van der Waals surface area contributed by atoms with Crippen molar-refractivity contribution in [3.05, 3.63) is 90.5 Å². The molecule has 4 aromatic heterocycles. The zero-order valence-corrected chi connectivity index (χ0v) is 18.9. The van der Waals surface area contributed by atoms with Crippen molar-refractivity contribution in [2.45, 2.75) is 19.8 Å². The molecule has 8 rings (SSSR count). The van der Waals surface area contributed by atoms with Gasteiger partial charge in [0.05, 0.1) is 33.1 Å². The Bertz CT molecular complexity index is 1920. The summed E-state index contributed by atoms with van der Waals surface area (Å²) in [5.41, 5.74) is 11.4. The minimum Gasteiger partial charge on any atom is -0.276 e. The lowest BCUT2D eigenvalue weighted by molar-refractivity contribution is 0.867. The molecule has 0 unspecified atom stereocenters. The summed E-state index contributed by atoms with van der Waals surface area (Å²) in [5.74, 6) is 2.32.